The third kappa shape index (κ3) is 2.38. The maximum absolute atomic E-state index is 12.9. The molecule has 0 aromatic heterocycles. The van der Waals surface area contributed by atoms with Crippen LogP contribution in [0, 0.1) is 0 Å². The molecule has 0 unspecified atom stereocenters. The van der Waals surface area contributed by atoms with Gasteiger partial charge in [0.15, 0.2) is 5.11 Å². The van der Waals surface area contributed by atoms with Gasteiger partial charge in [0.05, 0.1) is 0 Å². The van der Waals surface area contributed by atoms with Crippen molar-refractivity contribution in [3.63, 3.8) is 0 Å². The predicted molar refractivity (Wildman–Crippen MR) is 47.9 cm³/mol. The number of allylic oxidation sites excluding steroid dienone is 1. The fourth-order valence-electron chi connectivity index (χ4n) is 1.42. The fraction of sp³-hybridized carbons (Fsp3) is 0.571. The van der Waals surface area contributed by atoms with E-state index in [1.54, 1.807) is 0 Å². The van der Waals surface area contributed by atoms with Gasteiger partial charge < -0.3 is 10.6 Å². The maximum atomic E-state index is 12.9. The second-order valence-corrected chi connectivity index (χ2v) is 3.92. The van der Waals surface area contributed by atoms with Crippen molar-refractivity contribution in [2.45, 2.75) is 24.1 Å². The maximum Gasteiger partial charge on any atom is 0.444 e. The average Bonchev–Trinajstić information content (AvgIpc) is 2.52. The topological polar surface area (TPSA) is 24.1 Å². The second-order valence-electron chi connectivity index (χ2n) is 3.51. The van der Waals surface area contributed by atoms with Crippen LogP contribution in [0.3, 0.4) is 0 Å². The molecule has 1 saturated heterocycles. The molecule has 1 fully saturated rings. The summed E-state index contributed by atoms with van der Waals surface area (Å²) in [7, 11) is 0. The van der Waals surface area contributed by atoms with Crippen LogP contribution in [-0.4, -0.2) is 29.2 Å². The van der Waals surface area contributed by atoms with Crippen LogP contribution in [0.15, 0.2) is 11.5 Å². The summed E-state index contributed by atoms with van der Waals surface area (Å²) < 4.78 is 125. The van der Waals surface area contributed by atoms with E-state index in [0.717, 1.165) is 5.32 Å². The zero-order valence-corrected chi connectivity index (χ0v) is 9.50. The number of halogens is 10. The molecule has 2 N–H and O–H groups in total. The van der Waals surface area contributed by atoms with Crippen molar-refractivity contribution >= 4 is 17.3 Å². The SMILES string of the molecule is FC(=C1NC(=S)NC1(C(F)(F)F)C(F)(F)F)C(F)(F)F. The summed E-state index contributed by atoms with van der Waals surface area (Å²) in [5.41, 5.74) is -8.06. The molecule has 0 aromatic carbocycles. The monoisotopic (exact) mass is 336 g/mol. The third-order valence-corrected chi connectivity index (χ3v) is 2.44. The fourth-order valence-corrected chi connectivity index (χ4v) is 1.67. The first kappa shape index (κ1) is 16.8. The molecule has 0 radical (unpaired) electrons. The molecule has 0 saturated carbocycles. The molecule has 0 atom stereocenters. The van der Waals surface area contributed by atoms with E-state index >= 15 is 0 Å². The van der Waals surface area contributed by atoms with Gasteiger partial charge in [-0.25, -0.2) is 0 Å². The van der Waals surface area contributed by atoms with Crippen molar-refractivity contribution in [3.8, 4) is 0 Å². The minimum atomic E-state index is -6.32. The lowest BCUT2D eigenvalue weighted by Gasteiger charge is -2.34. The summed E-state index contributed by atoms with van der Waals surface area (Å²) in [5, 5.41) is 0.116. The van der Waals surface area contributed by atoms with Crippen LogP contribution in [0.25, 0.3) is 0 Å². The summed E-state index contributed by atoms with van der Waals surface area (Å²) in [6, 6.07) is 0. The van der Waals surface area contributed by atoms with E-state index in [4.69, 9.17) is 0 Å². The Morgan fingerprint density at radius 3 is 1.60 bits per heavy atom. The smallest absolute Gasteiger partial charge is 0.336 e. The zero-order valence-electron chi connectivity index (χ0n) is 8.69. The van der Waals surface area contributed by atoms with Gasteiger partial charge in [-0.05, 0) is 12.2 Å². The van der Waals surface area contributed by atoms with Gasteiger partial charge in [0, 0.05) is 0 Å². The van der Waals surface area contributed by atoms with E-state index < -0.39 is 40.7 Å². The van der Waals surface area contributed by atoms with Crippen molar-refractivity contribution in [2.75, 3.05) is 0 Å². The molecule has 0 aliphatic carbocycles. The molecule has 20 heavy (non-hydrogen) atoms. The number of hydrogen-bond acceptors (Lipinski definition) is 1. The van der Waals surface area contributed by atoms with Gasteiger partial charge >= 0.3 is 18.5 Å². The van der Waals surface area contributed by atoms with Crippen molar-refractivity contribution in [3.05, 3.63) is 11.5 Å². The number of alkyl halides is 9. The van der Waals surface area contributed by atoms with Crippen LogP contribution in [-0.2, 0) is 0 Å². The van der Waals surface area contributed by atoms with Crippen LogP contribution < -0.4 is 10.6 Å². The van der Waals surface area contributed by atoms with Crippen LogP contribution in [0.1, 0.15) is 0 Å². The molecule has 116 valence electrons. The Bertz CT molecular complexity index is 442. The Morgan fingerprint density at radius 2 is 1.30 bits per heavy atom. The van der Waals surface area contributed by atoms with E-state index in [1.165, 1.54) is 0 Å². The average molecular weight is 336 g/mol. The summed E-state index contributed by atoms with van der Waals surface area (Å²) in [5.74, 6) is -3.57. The van der Waals surface area contributed by atoms with Crippen LogP contribution >= 0.6 is 12.2 Å². The minimum Gasteiger partial charge on any atom is -0.336 e. The number of rotatable bonds is 0. The van der Waals surface area contributed by atoms with E-state index in [-0.39, 0.29) is 0 Å². The highest BCUT2D eigenvalue weighted by Crippen LogP contribution is 2.51. The quantitative estimate of drug-likeness (QED) is 0.525. The lowest BCUT2D eigenvalue weighted by molar-refractivity contribution is -0.288. The van der Waals surface area contributed by atoms with Crippen LogP contribution in [0.4, 0.5) is 43.9 Å². The lowest BCUT2D eigenvalue weighted by atomic mass is 9.94. The molecule has 0 bridgehead atoms. The number of nitrogens with one attached hydrogen (secondary N) is 2. The molecule has 0 spiro atoms. The van der Waals surface area contributed by atoms with E-state index in [1.807, 2.05) is 0 Å². The summed E-state index contributed by atoms with van der Waals surface area (Å²) in [6.45, 7) is 0. The lowest BCUT2D eigenvalue weighted by Crippen LogP contribution is -2.65. The Morgan fingerprint density at radius 1 is 0.900 bits per heavy atom. The molecule has 1 aliphatic rings. The molecule has 1 rings (SSSR count). The largest absolute Gasteiger partial charge is 0.444 e. The second kappa shape index (κ2) is 4.36. The van der Waals surface area contributed by atoms with Gasteiger partial charge in [-0.1, -0.05) is 0 Å². The molecular formula is C7H2F10N2S. The van der Waals surface area contributed by atoms with E-state index in [9.17, 15) is 43.9 Å². The standard InChI is InChI=1S/C7H2F10N2S/c8-1(5(9,10)11)2-4(6(12,13)14,7(15,16)17)19-3(20)18-2/h(H2,18,19,20). The molecule has 13 heteroatoms. The molecule has 0 aromatic rings. The first-order valence-electron chi connectivity index (χ1n) is 4.34. The number of thiocarbonyl (C=S) groups is 1. The highest BCUT2D eigenvalue weighted by molar-refractivity contribution is 7.80. The van der Waals surface area contributed by atoms with E-state index in [0.29, 0.717) is 5.32 Å². The van der Waals surface area contributed by atoms with Crippen molar-refractivity contribution in [2.24, 2.45) is 0 Å². The van der Waals surface area contributed by atoms with E-state index in [2.05, 4.69) is 12.2 Å². The van der Waals surface area contributed by atoms with Crippen molar-refractivity contribution in [1.29, 1.82) is 0 Å². The Labute approximate surface area is 108 Å². The normalized spacial score (nSPS) is 22.4. The third-order valence-electron chi connectivity index (χ3n) is 2.23. The van der Waals surface area contributed by atoms with Crippen molar-refractivity contribution < 1.29 is 43.9 Å². The zero-order chi connectivity index (χ0) is 16.1. The summed E-state index contributed by atoms with van der Waals surface area (Å²) >= 11 is 3.93. The molecule has 0 amide bonds. The summed E-state index contributed by atoms with van der Waals surface area (Å²) in [4.78, 5) is 0. The van der Waals surface area contributed by atoms with Crippen LogP contribution in [0.5, 0.6) is 0 Å². The van der Waals surface area contributed by atoms with Gasteiger partial charge in [0.2, 0.25) is 5.83 Å². The number of hydrogen-bond donors (Lipinski definition) is 2. The Kier molecular flexibility index (Phi) is 3.66. The van der Waals surface area contributed by atoms with Gasteiger partial charge in [0.25, 0.3) is 5.54 Å². The van der Waals surface area contributed by atoms with Gasteiger partial charge in [-0.15, -0.1) is 0 Å². The predicted octanol–water partition coefficient (Wildman–Crippen LogP) is 3.07. The van der Waals surface area contributed by atoms with Crippen LogP contribution in [0.2, 0.25) is 0 Å². The Hall–Kier alpha value is -1.27. The van der Waals surface area contributed by atoms with Gasteiger partial charge in [-0.3, -0.25) is 0 Å². The molecular weight excluding hydrogens is 334 g/mol. The molecule has 2 nitrogen and oxygen atoms in total. The summed E-state index contributed by atoms with van der Waals surface area (Å²) in [6.07, 6.45) is -18.7. The molecule has 1 heterocycles. The minimum absolute atomic E-state index is 0.623. The highest BCUT2D eigenvalue weighted by atomic mass is 32.1. The first-order valence-corrected chi connectivity index (χ1v) is 4.75. The highest BCUT2D eigenvalue weighted by Gasteiger charge is 2.77. The van der Waals surface area contributed by atoms with Gasteiger partial charge in [-0.2, -0.15) is 43.9 Å². The molecule has 1 aliphatic heterocycles. The van der Waals surface area contributed by atoms with Crippen molar-refractivity contribution in [1.82, 2.24) is 10.6 Å². The van der Waals surface area contributed by atoms with Gasteiger partial charge in [0.1, 0.15) is 5.70 Å². The Balaban J connectivity index is 3.70. The first-order chi connectivity index (χ1) is 8.64.